The minimum Gasteiger partial charge on any atom is -0.508 e. The second-order valence-electron chi connectivity index (χ2n) is 14.8. The molecule has 2 aliphatic carbocycles. The van der Waals surface area contributed by atoms with E-state index in [2.05, 4.69) is 56.0 Å². The van der Waals surface area contributed by atoms with E-state index in [4.69, 9.17) is 9.72 Å². The first kappa shape index (κ1) is 35.6. The lowest BCUT2D eigenvalue weighted by atomic mass is 9.84. The number of aromatic hydroxyl groups is 1. The molecule has 47 heavy (non-hydrogen) atoms. The predicted octanol–water partition coefficient (Wildman–Crippen LogP) is 9.61. The number of unbranched alkanes of at least 4 members (excludes halogenated alkanes) is 1. The van der Waals surface area contributed by atoms with Crippen LogP contribution in [0.3, 0.4) is 0 Å². The Morgan fingerprint density at radius 3 is 2.70 bits per heavy atom. The molecule has 3 N–H and O–H groups in total. The van der Waals surface area contributed by atoms with Crippen LogP contribution in [0.2, 0.25) is 0 Å². The molecule has 0 amide bonds. The van der Waals surface area contributed by atoms with Crippen molar-refractivity contribution >= 4 is 38.9 Å². The first-order valence-electron chi connectivity index (χ1n) is 17.5. The standard InChI is InChI=1S/C40H51IN2O4/c1-5-6-13-40(46,16-17-42)24-27(4)31-23-37(47-25-39(14-15-39)12-8-9-26(2)3)43-35-19-28(18-32(31)35)20-36(45)33-22-30(44)21-29-10-7-11-34(41)38(29)33/h7,10-11,21-23,26,28,36,44-46H,4-6,8-9,12-16,18-20,24-25H2,1-3H3. The number of benzene rings is 2. The lowest BCUT2D eigenvalue weighted by Gasteiger charge is -2.27. The highest BCUT2D eigenvalue weighted by molar-refractivity contribution is 14.1. The fourth-order valence-corrected chi connectivity index (χ4v) is 8.26. The monoisotopic (exact) mass is 750 g/mol. The maximum Gasteiger partial charge on any atom is 0.214 e. The highest BCUT2D eigenvalue weighted by atomic mass is 127. The molecule has 0 spiro atoms. The molecule has 0 bridgehead atoms. The van der Waals surface area contributed by atoms with Gasteiger partial charge in [-0.15, -0.1) is 0 Å². The molecule has 7 heteroatoms. The van der Waals surface area contributed by atoms with E-state index in [1.807, 2.05) is 24.3 Å². The number of aromatic nitrogens is 1. The van der Waals surface area contributed by atoms with Crippen LogP contribution in [0.25, 0.3) is 16.3 Å². The second-order valence-corrected chi connectivity index (χ2v) is 16.0. The third kappa shape index (κ3) is 8.87. The Bertz CT molecular complexity index is 1620. The van der Waals surface area contributed by atoms with E-state index >= 15 is 0 Å². The zero-order valence-electron chi connectivity index (χ0n) is 28.3. The number of phenolic OH excluding ortho intramolecular Hbond substituents is 1. The third-order valence-electron chi connectivity index (χ3n) is 10.3. The summed E-state index contributed by atoms with van der Waals surface area (Å²) in [5.74, 6) is 1.59. The molecule has 3 atom stereocenters. The maximum absolute atomic E-state index is 11.6. The number of hydrogen-bond donors (Lipinski definition) is 3. The van der Waals surface area contributed by atoms with Crippen LogP contribution in [0.4, 0.5) is 0 Å². The van der Waals surface area contributed by atoms with Gasteiger partial charge in [-0.3, -0.25) is 0 Å². The molecule has 1 heterocycles. The Morgan fingerprint density at radius 2 is 2.00 bits per heavy atom. The molecule has 1 fully saturated rings. The number of hydrogen-bond acceptors (Lipinski definition) is 6. The van der Waals surface area contributed by atoms with Crippen LogP contribution in [0.1, 0.15) is 120 Å². The summed E-state index contributed by atoms with van der Waals surface area (Å²) in [5.41, 5.74) is 3.68. The molecular formula is C40H51IN2O4. The van der Waals surface area contributed by atoms with Gasteiger partial charge in [-0.25, -0.2) is 4.98 Å². The Hall–Kier alpha value is -2.67. The van der Waals surface area contributed by atoms with Crippen molar-refractivity contribution in [2.75, 3.05) is 6.61 Å². The van der Waals surface area contributed by atoms with Crippen molar-refractivity contribution in [3.8, 4) is 17.7 Å². The number of aliphatic hydroxyl groups excluding tert-OH is 1. The van der Waals surface area contributed by atoms with Crippen molar-refractivity contribution in [2.24, 2.45) is 17.3 Å². The summed E-state index contributed by atoms with van der Waals surface area (Å²) in [5, 5.41) is 44.9. The summed E-state index contributed by atoms with van der Waals surface area (Å²) < 4.78 is 7.50. The number of nitriles is 1. The third-order valence-corrected chi connectivity index (χ3v) is 11.2. The largest absolute Gasteiger partial charge is 0.508 e. The Balaban J connectivity index is 1.39. The van der Waals surface area contributed by atoms with Gasteiger partial charge in [0.25, 0.3) is 0 Å². The zero-order valence-corrected chi connectivity index (χ0v) is 30.5. The quantitative estimate of drug-likeness (QED) is 0.119. The SMILES string of the molecule is C=C(CC(O)(CC#N)CCCC)c1cc(OCC2(CCCC(C)C)CC2)nc2c1CC(CC(O)c1cc(O)cc3cccc(I)c13)C2. The zero-order chi connectivity index (χ0) is 33.8. The molecule has 3 unspecified atom stereocenters. The van der Waals surface area contributed by atoms with Gasteiger partial charge in [-0.1, -0.05) is 65.2 Å². The maximum atomic E-state index is 11.6. The first-order valence-corrected chi connectivity index (χ1v) is 18.5. The molecule has 2 aromatic carbocycles. The summed E-state index contributed by atoms with van der Waals surface area (Å²) in [6.45, 7) is 11.7. The highest BCUT2D eigenvalue weighted by Gasteiger charge is 2.43. The van der Waals surface area contributed by atoms with E-state index in [0.717, 1.165) is 61.6 Å². The van der Waals surface area contributed by atoms with Gasteiger partial charge in [-0.05, 0) is 125 Å². The van der Waals surface area contributed by atoms with Gasteiger partial charge >= 0.3 is 0 Å². The van der Waals surface area contributed by atoms with Crippen LogP contribution in [0.5, 0.6) is 11.6 Å². The average molecular weight is 751 g/mol. The normalized spacial score (nSPS) is 18.5. The molecule has 6 nitrogen and oxygen atoms in total. The molecule has 2 aliphatic rings. The number of pyridine rings is 1. The fourth-order valence-electron chi connectivity index (χ4n) is 7.43. The van der Waals surface area contributed by atoms with Gasteiger partial charge in [-0.2, -0.15) is 5.26 Å². The van der Waals surface area contributed by atoms with E-state index < -0.39 is 11.7 Å². The molecule has 1 saturated carbocycles. The smallest absolute Gasteiger partial charge is 0.214 e. The minimum atomic E-state index is -1.13. The van der Waals surface area contributed by atoms with E-state index in [1.165, 1.54) is 32.1 Å². The molecule has 0 saturated heterocycles. The Morgan fingerprint density at radius 1 is 1.21 bits per heavy atom. The molecule has 5 rings (SSSR count). The van der Waals surface area contributed by atoms with E-state index in [-0.39, 0.29) is 23.5 Å². The number of halogens is 1. The van der Waals surface area contributed by atoms with Gasteiger partial charge < -0.3 is 20.1 Å². The molecular weight excluding hydrogens is 699 g/mol. The average Bonchev–Trinajstić information content (AvgIpc) is 3.67. The van der Waals surface area contributed by atoms with Crippen LogP contribution in [-0.2, 0) is 12.8 Å². The number of fused-ring (bicyclic) bond motifs is 2. The van der Waals surface area contributed by atoms with Gasteiger partial charge in [0, 0.05) is 32.6 Å². The van der Waals surface area contributed by atoms with Gasteiger partial charge in [0.2, 0.25) is 5.88 Å². The number of nitrogens with zero attached hydrogens (tertiary/aromatic N) is 2. The molecule has 0 radical (unpaired) electrons. The lowest BCUT2D eigenvalue weighted by Crippen LogP contribution is -2.28. The lowest BCUT2D eigenvalue weighted by molar-refractivity contribution is 0.0391. The van der Waals surface area contributed by atoms with Gasteiger partial charge in [0.15, 0.2) is 0 Å². The van der Waals surface area contributed by atoms with Crippen molar-refractivity contribution in [1.82, 2.24) is 4.98 Å². The summed E-state index contributed by atoms with van der Waals surface area (Å²) >= 11 is 2.29. The van der Waals surface area contributed by atoms with Crippen LogP contribution in [0, 0.1) is 32.2 Å². The molecule has 3 aromatic rings. The van der Waals surface area contributed by atoms with Gasteiger partial charge in [0.1, 0.15) is 5.75 Å². The number of rotatable bonds is 17. The van der Waals surface area contributed by atoms with Crippen molar-refractivity contribution in [1.29, 1.82) is 5.26 Å². The minimum absolute atomic E-state index is 0.0625. The van der Waals surface area contributed by atoms with Crippen LogP contribution in [-0.4, -0.2) is 32.5 Å². The summed E-state index contributed by atoms with van der Waals surface area (Å²) in [6.07, 6.45) is 9.93. The van der Waals surface area contributed by atoms with Crippen LogP contribution < -0.4 is 4.74 Å². The summed E-state index contributed by atoms with van der Waals surface area (Å²) in [6, 6.07) is 13.6. The number of ether oxygens (including phenoxy) is 1. The van der Waals surface area contributed by atoms with Crippen molar-refractivity contribution in [2.45, 2.75) is 116 Å². The molecule has 252 valence electrons. The Kier molecular flexibility index (Phi) is 11.6. The summed E-state index contributed by atoms with van der Waals surface area (Å²) in [4.78, 5) is 5.03. The predicted molar refractivity (Wildman–Crippen MR) is 197 cm³/mol. The molecule has 0 aliphatic heterocycles. The number of aliphatic hydroxyl groups is 2. The van der Waals surface area contributed by atoms with Gasteiger partial charge in [0.05, 0.1) is 30.8 Å². The second kappa shape index (κ2) is 15.3. The molecule has 1 aromatic heterocycles. The Labute approximate surface area is 294 Å². The van der Waals surface area contributed by atoms with Crippen LogP contribution >= 0.6 is 22.6 Å². The van der Waals surface area contributed by atoms with E-state index in [9.17, 15) is 20.6 Å². The fraction of sp³-hybridized carbons (Fsp3) is 0.550. The highest BCUT2D eigenvalue weighted by Crippen LogP contribution is 2.50. The first-order chi connectivity index (χ1) is 22.4. The summed E-state index contributed by atoms with van der Waals surface area (Å²) in [7, 11) is 0. The van der Waals surface area contributed by atoms with E-state index in [0.29, 0.717) is 44.1 Å². The van der Waals surface area contributed by atoms with Crippen molar-refractivity contribution in [3.05, 3.63) is 68.9 Å². The van der Waals surface area contributed by atoms with Crippen LogP contribution in [0.15, 0.2) is 43.0 Å². The van der Waals surface area contributed by atoms with E-state index in [1.54, 1.807) is 12.1 Å². The topological polar surface area (TPSA) is 107 Å². The van der Waals surface area contributed by atoms with Crippen molar-refractivity contribution < 1.29 is 20.1 Å². The number of phenols is 1. The van der Waals surface area contributed by atoms with Crippen molar-refractivity contribution in [3.63, 3.8) is 0 Å².